The molecule has 0 bridgehead atoms. The van der Waals surface area contributed by atoms with Crippen molar-refractivity contribution in [2.75, 3.05) is 13.1 Å². The van der Waals surface area contributed by atoms with Gasteiger partial charge < -0.3 is 9.84 Å². The van der Waals surface area contributed by atoms with Gasteiger partial charge in [0.1, 0.15) is 5.75 Å². The second-order valence-corrected chi connectivity index (χ2v) is 6.63. The quantitative estimate of drug-likeness (QED) is 0.861. The molecule has 2 atom stereocenters. The summed E-state index contributed by atoms with van der Waals surface area (Å²) in [7, 11) is 0. The fraction of sp³-hybridized carbons (Fsp3) is 0.562. The molecule has 1 aliphatic rings. The molecule has 0 amide bonds. The maximum absolute atomic E-state index is 13.0. The number of carboxylic acids is 1. The Kier molecular flexibility index (Phi) is 5.65. The van der Waals surface area contributed by atoms with Crippen molar-refractivity contribution in [3.8, 4) is 5.75 Å². The molecule has 1 fully saturated rings. The minimum Gasteiger partial charge on any atom is -0.489 e. The van der Waals surface area contributed by atoms with Gasteiger partial charge in [-0.15, -0.1) is 0 Å². The van der Waals surface area contributed by atoms with Crippen LogP contribution in [0.1, 0.15) is 19.4 Å². The van der Waals surface area contributed by atoms with Gasteiger partial charge in [-0.2, -0.15) is 13.2 Å². The van der Waals surface area contributed by atoms with Crippen LogP contribution in [0.25, 0.3) is 0 Å². The van der Waals surface area contributed by atoms with Gasteiger partial charge in [-0.3, -0.25) is 9.69 Å². The van der Waals surface area contributed by atoms with Crippen molar-refractivity contribution in [3.05, 3.63) is 28.8 Å². The molecule has 24 heavy (non-hydrogen) atoms. The number of alkyl halides is 3. The zero-order valence-electron chi connectivity index (χ0n) is 13.3. The molecule has 0 aromatic heterocycles. The van der Waals surface area contributed by atoms with E-state index in [1.54, 1.807) is 18.2 Å². The van der Waals surface area contributed by atoms with Crippen molar-refractivity contribution in [3.63, 3.8) is 0 Å². The van der Waals surface area contributed by atoms with Gasteiger partial charge in [0.05, 0.1) is 23.0 Å². The molecule has 1 heterocycles. The van der Waals surface area contributed by atoms with Crippen LogP contribution >= 0.6 is 11.6 Å². The summed E-state index contributed by atoms with van der Waals surface area (Å²) in [5, 5.41) is 9.41. The average molecular weight is 366 g/mol. The first kappa shape index (κ1) is 18.9. The van der Waals surface area contributed by atoms with Crippen LogP contribution in [0.2, 0.25) is 5.02 Å². The summed E-state index contributed by atoms with van der Waals surface area (Å²) in [4.78, 5) is 12.6. The SMILES string of the molecule is CC(C)Oc1ccc(CN2C[C@@H](C(F)(F)F)[C@H](C(=O)O)C2)cc1Cl. The van der Waals surface area contributed by atoms with Crippen LogP contribution in [0.4, 0.5) is 13.2 Å². The lowest BCUT2D eigenvalue weighted by Crippen LogP contribution is -2.33. The van der Waals surface area contributed by atoms with E-state index in [2.05, 4.69) is 0 Å². The van der Waals surface area contributed by atoms with Gasteiger partial charge in [0.15, 0.2) is 0 Å². The molecule has 0 aliphatic carbocycles. The molecule has 4 nitrogen and oxygen atoms in total. The van der Waals surface area contributed by atoms with E-state index in [-0.39, 0.29) is 25.7 Å². The molecule has 2 rings (SSSR count). The summed E-state index contributed by atoms with van der Waals surface area (Å²) in [5.74, 6) is -4.20. The van der Waals surface area contributed by atoms with E-state index in [1.165, 1.54) is 4.90 Å². The first-order chi connectivity index (χ1) is 11.1. The maximum atomic E-state index is 13.0. The first-order valence-corrected chi connectivity index (χ1v) is 7.92. The largest absolute Gasteiger partial charge is 0.489 e. The highest BCUT2D eigenvalue weighted by atomic mass is 35.5. The van der Waals surface area contributed by atoms with Gasteiger partial charge in [0.25, 0.3) is 0 Å². The number of nitrogens with zero attached hydrogens (tertiary/aromatic N) is 1. The van der Waals surface area contributed by atoms with Gasteiger partial charge in [-0.05, 0) is 31.5 Å². The highest BCUT2D eigenvalue weighted by molar-refractivity contribution is 6.32. The molecule has 0 spiro atoms. The second kappa shape index (κ2) is 7.19. The molecule has 0 saturated carbocycles. The third-order valence-electron chi connectivity index (χ3n) is 3.90. The fourth-order valence-electron chi connectivity index (χ4n) is 2.85. The summed E-state index contributed by atoms with van der Waals surface area (Å²) >= 11 is 6.12. The number of carbonyl (C=O) groups is 1. The molecular weight excluding hydrogens is 347 g/mol. The van der Waals surface area contributed by atoms with E-state index in [4.69, 9.17) is 21.4 Å². The number of ether oxygens (including phenoxy) is 1. The Morgan fingerprint density at radius 3 is 2.54 bits per heavy atom. The van der Waals surface area contributed by atoms with Crippen LogP contribution in [0, 0.1) is 11.8 Å². The number of aliphatic carboxylic acids is 1. The Balaban J connectivity index is 2.09. The lowest BCUT2D eigenvalue weighted by Gasteiger charge is -2.19. The number of hydrogen-bond acceptors (Lipinski definition) is 3. The van der Waals surface area contributed by atoms with Gasteiger partial charge in [0.2, 0.25) is 0 Å². The molecule has 8 heteroatoms. The summed E-state index contributed by atoms with van der Waals surface area (Å²) in [6, 6.07) is 5.03. The van der Waals surface area contributed by atoms with Crippen molar-refractivity contribution in [1.82, 2.24) is 4.90 Å². The normalized spacial score (nSPS) is 22.1. The fourth-order valence-corrected chi connectivity index (χ4v) is 3.09. The van der Waals surface area contributed by atoms with Gasteiger partial charge in [0, 0.05) is 19.6 Å². The minimum atomic E-state index is -4.52. The number of likely N-dealkylation sites (tertiary alicyclic amines) is 1. The average Bonchev–Trinajstić information content (AvgIpc) is 2.85. The molecule has 1 saturated heterocycles. The highest BCUT2D eigenvalue weighted by Gasteiger charge is 2.52. The third kappa shape index (κ3) is 4.54. The van der Waals surface area contributed by atoms with Crippen LogP contribution in [-0.2, 0) is 11.3 Å². The molecule has 134 valence electrons. The Morgan fingerprint density at radius 1 is 1.42 bits per heavy atom. The maximum Gasteiger partial charge on any atom is 0.393 e. The lowest BCUT2D eigenvalue weighted by atomic mass is 9.96. The van der Waals surface area contributed by atoms with Crippen LogP contribution in [0.15, 0.2) is 18.2 Å². The van der Waals surface area contributed by atoms with Gasteiger partial charge in [-0.1, -0.05) is 17.7 Å². The summed E-state index contributed by atoms with van der Waals surface area (Å²) < 4.78 is 44.5. The zero-order valence-corrected chi connectivity index (χ0v) is 14.1. The van der Waals surface area contributed by atoms with E-state index in [0.29, 0.717) is 16.3 Å². The monoisotopic (exact) mass is 365 g/mol. The Labute approximate surface area is 143 Å². The van der Waals surface area contributed by atoms with Crippen LogP contribution in [-0.4, -0.2) is 41.3 Å². The van der Waals surface area contributed by atoms with Crippen LogP contribution < -0.4 is 4.74 Å². The predicted octanol–water partition coefficient (Wildman–Crippen LogP) is 3.82. The van der Waals surface area contributed by atoms with E-state index < -0.39 is 24.0 Å². The van der Waals surface area contributed by atoms with Crippen molar-refractivity contribution in [2.24, 2.45) is 11.8 Å². The zero-order chi connectivity index (χ0) is 18.1. The van der Waals surface area contributed by atoms with E-state index in [1.807, 2.05) is 13.8 Å². The standard InChI is InChI=1S/C16H19ClF3NO3/c1-9(2)24-14-4-3-10(5-13(14)17)6-21-7-11(15(22)23)12(8-21)16(18,19)20/h3-5,9,11-12H,6-8H2,1-2H3,(H,22,23)/t11-,12-/m1/s1. The van der Waals surface area contributed by atoms with E-state index >= 15 is 0 Å². The topological polar surface area (TPSA) is 49.8 Å². The van der Waals surface area contributed by atoms with E-state index in [9.17, 15) is 18.0 Å². The van der Waals surface area contributed by atoms with Crippen molar-refractivity contribution in [1.29, 1.82) is 0 Å². The molecule has 1 aliphatic heterocycles. The van der Waals surface area contributed by atoms with Gasteiger partial charge in [-0.25, -0.2) is 0 Å². The summed E-state index contributed by atoms with van der Waals surface area (Å²) in [5.41, 5.74) is 0.711. The number of carboxylic acid groups (broad SMARTS) is 1. The Bertz CT molecular complexity index is 607. The number of hydrogen-bond donors (Lipinski definition) is 1. The smallest absolute Gasteiger partial charge is 0.393 e. The molecular formula is C16H19ClF3NO3. The Hall–Kier alpha value is -1.47. The van der Waals surface area contributed by atoms with Crippen LogP contribution in [0.5, 0.6) is 5.75 Å². The van der Waals surface area contributed by atoms with Crippen molar-refractivity contribution in [2.45, 2.75) is 32.7 Å². The lowest BCUT2D eigenvalue weighted by molar-refractivity contribution is -0.188. The van der Waals surface area contributed by atoms with Crippen LogP contribution in [0.3, 0.4) is 0 Å². The van der Waals surface area contributed by atoms with Gasteiger partial charge >= 0.3 is 12.1 Å². The molecule has 1 aromatic rings. The summed E-state index contributed by atoms with van der Waals surface area (Å²) in [6.45, 7) is 3.46. The highest BCUT2D eigenvalue weighted by Crippen LogP contribution is 2.38. The van der Waals surface area contributed by atoms with E-state index in [0.717, 1.165) is 0 Å². The van der Waals surface area contributed by atoms with Crippen molar-refractivity contribution < 1.29 is 27.8 Å². The molecule has 0 radical (unpaired) electrons. The minimum absolute atomic E-state index is 0.0456. The second-order valence-electron chi connectivity index (χ2n) is 6.22. The summed E-state index contributed by atoms with van der Waals surface area (Å²) in [6.07, 6.45) is -4.57. The van der Waals surface area contributed by atoms with Crippen molar-refractivity contribution >= 4 is 17.6 Å². The molecule has 1 aromatic carbocycles. The molecule has 0 unspecified atom stereocenters. The number of benzene rings is 1. The third-order valence-corrected chi connectivity index (χ3v) is 4.19. The first-order valence-electron chi connectivity index (χ1n) is 7.55. The Morgan fingerprint density at radius 2 is 2.08 bits per heavy atom. The number of halogens is 4. The predicted molar refractivity (Wildman–Crippen MR) is 83.2 cm³/mol. The molecule has 1 N–H and O–H groups in total. The number of rotatable bonds is 5.